The maximum absolute atomic E-state index is 6.05. The topological polar surface area (TPSA) is 18.5 Å². The molecule has 2 heteroatoms. The van der Waals surface area contributed by atoms with Crippen LogP contribution in [0.1, 0.15) is 47.4 Å². The number of methoxy groups -OCH3 is 1. The van der Waals surface area contributed by atoms with Crippen molar-refractivity contribution in [2.45, 2.75) is 38.2 Å². The molecule has 0 bridgehead atoms. The summed E-state index contributed by atoms with van der Waals surface area (Å²) in [6.07, 6.45) is 4.82. The van der Waals surface area contributed by atoms with E-state index < -0.39 is 0 Å². The fourth-order valence-corrected chi connectivity index (χ4v) is 3.97. The monoisotopic (exact) mass is 358 g/mol. The van der Waals surface area contributed by atoms with Crippen molar-refractivity contribution in [3.8, 4) is 11.5 Å². The summed E-state index contributed by atoms with van der Waals surface area (Å²) in [6, 6.07) is 25.5. The van der Waals surface area contributed by atoms with Gasteiger partial charge in [0, 0.05) is 5.92 Å². The largest absolute Gasteiger partial charge is 0.497 e. The van der Waals surface area contributed by atoms with Gasteiger partial charge in [-0.1, -0.05) is 55.0 Å². The zero-order valence-corrected chi connectivity index (χ0v) is 15.9. The third-order valence-corrected chi connectivity index (χ3v) is 5.45. The summed E-state index contributed by atoms with van der Waals surface area (Å²) in [6.45, 7) is 0.613. The first-order valence-electron chi connectivity index (χ1n) is 9.77. The Hall–Kier alpha value is -2.74. The molecule has 0 aromatic heterocycles. The smallest absolute Gasteiger partial charge is 0.120 e. The maximum atomic E-state index is 6.05. The van der Waals surface area contributed by atoms with Gasteiger partial charge in [0.15, 0.2) is 0 Å². The molecular formula is C25H26O2. The van der Waals surface area contributed by atoms with E-state index in [1.165, 1.54) is 41.5 Å². The average molecular weight is 358 g/mol. The van der Waals surface area contributed by atoms with E-state index in [1.54, 1.807) is 7.11 Å². The van der Waals surface area contributed by atoms with Gasteiger partial charge in [-0.2, -0.15) is 0 Å². The van der Waals surface area contributed by atoms with Crippen LogP contribution in [0, 0.1) is 0 Å². The van der Waals surface area contributed by atoms with Crippen LogP contribution in [0.4, 0.5) is 0 Å². The van der Waals surface area contributed by atoms with Gasteiger partial charge in [-0.05, 0) is 65.8 Å². The van der Waals surface area contributed by atoms with E-state index in [1.807, 2.05) is 6.07 Å². The van der Waals surface area contributed by atoms with E-state index >= 15 is 0 Å². The summed E-state index contributed by atoms with van der Waals surface area (Å²) in [4.78, 5) is 0. The van der Waals surface area contributed by atoms with Crippen LogP contribution < -0.4 is 9.47 Å². The van der Waals surface area contributed by atoms with Crippen LogP contribution in [0.15, 0.2) is 72.8 Å². The lowest BCUT2D eigenvalue weighted by molar-refractivity contribution is 0.306. The van der Waals surface area contributed by atoms with Crippen molar-refractivity contribution in [2.75, 3.05) is 7.11 Å². The van der Waals surface area contributed by atoms with Crippen molar-refractivity contribution in [2.24, 2.45) is 0 Å². The first-order valence-corrected chi connectivity index (χ1v) is 9.77. The Morgan fingerprint density at radius 1 is 0.852 bits per heavy atom. The quantitative estimate of drug-likeness (QED) is 0.511. The molecule has 4 rings (SSSR count). The summed E-state index contributed by atoms with van der Waals surface area (Å²) >= 11 is 0. The van der Waals surface area contributed by atoms with Gasteiger partial charge in [0.25, 0.3) is 0 Å². The van der Waals surface area contributed by atoms with Gasteiger partial charge in [-0.25, -0.2) is 0 Å². The maximum Gasteiger partial charge on any atom is 0.120 e. The molecule has 0 N–H and O–H groups in total. The predicted molar refractivity (Wildman–Crippen MR) is 110 cm³/mol. The molecule has 0 spiro atoms. The van der Waals surface area contributed by atoms with Gasteiger partial charge in [0.05, 0.1) is 7.11 Å². The lowest BCUT2D eigenvalue weighted by Crippen LogP contribution is -2.03. The molecule has 0 aliphatic heterocycles. The third kappa shape index (κ3) is 4.16. The molecule has 0 fully saturated rings. The van der Waals surface area contributed by atoms with Gasteiger partial charge < -0.3 is 9.47 Å². The average Bonchev–Trinajstić information content (AvgIpc) is 2.95. The number of aryl methyl sites for hydroxylation is 1. The molecule has 27 heavy (non-hydrogen) atoms. The van der Waals surface area contributed by atoms with Crippen LogP contribution in [0.5, 0.6) is 11.5 Å². The summed E-state index contributed by atoms with van der Waals surface area (Å²) in [7, 11) is 1.72. The number of benzene rings is 3. The highest BCUT2D eigenvalue weighted by atomic mass is 16.5. The SMILES string of the molecule is COc1ccc(C2CCCCc3cc(OCc4ccccc4)ccc32)cc1. The predicted octanol–water partition coefficient (Wildman–Crippen LogP) is 6.13. The molecular weight excluding hydrogens is 332 g/mol. The van der Waals surface area contributed by atoms with Gasteiger partial charge in [0.1, 0.15) is 18.1 Å². The summed E-state index contributed by atoms with van der Waals surface area (Å²) in [5.41, 5.74) is 5.45. The highest BCUT2D eigenvalue weighted by molar-refractivity contribution is 5.44. The van der Waals surface area contributed by atoms with Crippen molar-refractivity contribution >= 4 is 0 Å². The molecule has 3 aromatic carbocycles. The van der Waals surface area contributed by atoms with Gasteiger partial charge in [-0.3, -0.25) is 0 Å². The van der Waals surface area contributed by atoms with Crippen LogP contribution in [-0.2, 0) is 13.0 Å². The van der Waals surface area contributed by atoms with Crippen LogP contribution in [-0.4, -0.2) is 7.11 Å². The number of fused-ring (bicyclic) bond motifs is 1. The molecule has 1 atom stereocenters. The Balaban J connectivity index is 1.56. The normalized spacial score (nSPS) is 16.3. The first kappa shape index (κ1) is 17.7. The molecule has 0 radical (unpaired) electrons. The van der Waals surface area contributed by atoms with E-state index in [-0.39, 0.29) is 0 Å². The van der Waals surface area contributed by atoms with E-state index in [9.17, 15) is 0 Å². The summed E-state index contributed by atoms with van der Waals surface area (Å²) in [5.74, 6) is 2.34. The Bertz CT molecular complexity index is 869. The summed E-state index contributed by atoms with van der Waals surface area (Å²) < 4.78 is 11.4. The molecule has 3 aromatic rings. The molecule has 0 saturated carbocycles. The summed E-state index contributed by atoms with van der Waals surface area (Å²) in [5, 5.41) is 0. The zero-order valence-electron chi connectivity index (χ0n) is 15.9. The second-order valence-electron chi connectivity index (χ2n) is 7.21. The second kappa shape index (κ2) is 8.30. The molecule has 1 unspecified atom stereocenters. The van der Waals surface area contributed by atoms with Gasteiger partial charge in [-0.15, -0.1) is 0 Å². The molecule has 138 valence electrons. The molecule has 1 aliphatic carbocycles. The minimum Gasteiger partial charge on any atom is -0.497 e. The van der Waals surface area contributed by atoms with Crippen molar-refractivity contribution in [1.82, 2.24) is 0 Å². The highest BCUT2D eigenvalue weighted by Gasteiger charge is 2.21. The molecule has 2 nitrogen and oxygen atoms in total. The first-order chi connectivity index (χ1) is 13.3. The standard InChI is InChI=1S/C25H26O2/c1-26-22-13-11-20(12-14-22)24-10-6-5-9-21-17-23(15-16-25(21)24)27-18-19-7-3-2-4-8-19/h2-4,7-8,11-17,24H,5-6,9-10,18H2,1H3. The van der Waals surface area contributed by atoms with Crippen molar-refractivity contribution in [3.05, 3.63) is 95.1 Å². The molecule has 1 aliphatic rings. The second-order valence-corrected chi connectivity index (χ2v) is 7.21. The Labute approximate surface area is 161 Å². The van der Waals surface area contributed by atoms with Crippen LogP contribution in [0.25, 0.3) is 0 Å². The molecule has 0 heterocycles. The van der Waals surface area contributed by atoms with E-state index in [0.29, 0.717) is 12.5 Å². The van der Waals surface area contributed by atoms with Crippen molar-refractivity contribution in [1.29, 1.82) is 0 Å². The van der Waals surface area contributed by atoms with Crippen LogP contribution in [0.3, 0.4) is 0 Å². The Morgan fingerprint density at radius 2 is 1.63 bits per heavy atom. The minimum absolute atomic E-state index is 0.455. The van der Waals surface area contributed by atoms with Gasteiger partial charge >= 0.3 is 0 Å². The fraction of sp³-hybridized carbons (Fsp3) is 0.280. The van der Waals surface area contributed by atoms with Crippen molar-refractivity contribution < 1.29 is 9.47 Å². The van der Waals surface area contributed by atoms with Crippen LogP contribution >= 0.6 is 0 Å². The Kier molecular flexibility index (Phi) is 5.43. The highest BCUT2D eigenvalue weighted by Crippen LogP contribution is 2.37. The van der Waals surface area contributed by atoms with E-state index in [2.05, 4.69) is 66.7 Å². The zero-order chi connectivity index (χ0) is 18.5. The van der Waals surface area contributed by atoms with E-state index in [4.69, 9.17) is 9.47 Å². The molecule has 0 amide bonds. The lowest BCUT2D eigenvalue weighted by Gasteiger charge is -2.19. The number of hydrogen-bond acceptors (Lipinski definition) is 2. The van der Waals surface area contributed by atoms with Gasteiger partial charge in [0.2, 0.25) is 0 Å². The minimum atomic E-state index is 0.455. The lowest BCUT2D eigenvalue weighted by atomic mass is 9.86. The van der Waals surface area contributed by atoms with Crippen molar-refractivity contribution in [3.63, 3.8) is 0 Å². The number of hydrogen-bond donors (Lipinski definition) is 0. The van der Waals surface area contributed by atoms with E-state index in [0.717, 1.165) is 17.9 Å². The third-order valence-electron chi connectivity index (χ3n) is 5.45. The molecule has 0 saturated heterocycles. The number of rotatable bonds is 5. The van der Waals surface area contributed by atoms with Crippen LogP contribution in [0.2, 0.25) is 0 Å². The Morgan fingerprint density at radius 3 is 2.41 bits per heavy atom. The fourth-order valence-electron chi connectivity index (χ4n) is 3.97. The number of ether oxygens (including phenoxy) is 2.